The van der Waals surface area contributed by atoms with Crippen LogP contribution in [0.25, 0.3) is 0 Å². The highest BCUT2D eigenvalue weighted by atomic mass is 79.9. The van der Waals surface area contributed by atoms with Crippen molar-refractivity contribution >= 4 is 15.9 Å². The Hall–Kier alpha value is -1.67. The Labute approximate surface area is 154 Å². The average molecular weight is 414 g/mol. The van der Waals surface area contributed by atoms with Crippen molar-refractivity contribution in [2.75, 3.05) is 13.7 Å². The van der Waals surface area contributed by atoms with E-state index in [0.29, 0.717) is 11.3 Å². The number of aliphatic hydroxyl groups excluding tert-OH is 2. The van der Waals surface area contributed by atoms with Crippen LogP contribution in [-0.4, -0.2) is 30.0 Å². The molecule has 0 aromatic heterocycles. The van der Waals surface area contributed by atoms with Gasteiger partial charge in [-0.25, -0.2) is 4.39 Å². The summed E-state index contributed by atoms with van der Waals surface area (Å²) in [5.74, 6) is 0.186. The maximum Gasteiger partial charge on any atom is 0.165 e. The normalized spacial score (nSPS) is 13.4. The fraction of sp³-hybridized carbons (Fsp3) is 0.333. The second-order valence-electron chi connectivity index (χ2n) is 5.63. The Morgan fingerprint density at radius 1 is 1.24 bits per heavy atom. The van der Waals surface area contributed by atoms with E-state index in [9.17, 15) is 9.50 Å². The Bertz CT molecular complexity index is 713. The van der Waals surface area contributed by atoms with Gasteiger partial charge in [0.2, 0.25) is 0 Å². The van der Waals surface area contributed by atoms with Crippen LogP contribution in [0.5, 0.6) is 11.5 Å². The molecule has 0 heterocycles. The number of methoxy groups -OCH3 is 1. The molecule has 136 valence electrons. The minimum Gasteiger partial charge on any atom is -0.497 e. The second-order valence-corrected chi connectivity index (χ2v) is 6.48. The number of ether oxygens (including phenoxy) is 2. The molecule has 2 aromatic carbocycles. The summed E-state index contributed by atoms with van der Waals surface area (Å²) in [6.45, 7) is -0.0812. The van der Waals surface area contributed by atoms with Gasteiger partial charge in [0.25, 0.3) is 0 Å². The lowest BCUT2D eigenvalue weighted by Crippen LogP contribution is -2.26. The molecule has 0 saturated heterocycles. The molecule has 2 atom stereocenters. The van der Waals surface area contributed by atoms with Gasteiger partial charge in [0, 0.05) is 16.1 Å². The predicted molar refractivity (Wildman–Crippen MR) is 96.1 cm³/mol. The van der Waals surface area contributed by atoms with Gasteiger partial charge in [0.15, 0.2) is 11.6 Å². The molecule has 2 rings (SSSR count). The van der Waals surface area contributed by atoms with Crippen molar-refractivity contribution in [3.05, 3.63) is 57.8 Å². The van der Waals surface area contributed by atoms with Gasteiger partial charge >= 0.3 is 0 Å². The SMILES string of the molecule is COc1ccc(Br)c(COc2ccc([C@@H](O)C[C@H](N)CO)cc2F)c1. The third-order valence-corrected chi connectivity index (χ3v) is 4.51. The predicted octanol–water partition coefficient (Wildman–Crippen LogP) is 2.92. The molecule has 25 heavy (non-hydrogen) atoms. The van der Waals surface area contributed by atoms with Crippen LogP contribution < -0.4 is 15.2 Å². The van der Waals surface area contributed by atoms with Gasteiger partial charge in [0.05, 0.1) is 19.8 Å². The molecule has 0 spiro atoms. The number of halogens is 2. The lowest BCUT2D eigenvalue weighted by molar-refractivity contribution is 0.140. The van der Waals surface area contributed by atoms with E-state index in [4.69, 9.17) is 20.3 Å². The van der Waals surface area contributed by atoms with E-state index in [0.717, 1.165) is 10.0 Å². The number of rotatable bonds is 8. The van der Waals surface area contributed by atoms with Crippen LogP contribution in [-0.2, 0) is 6.61 Å². The number of hydrogen-bond donors (Lipinski definition) is 3. The monoisotopic (exact) mass is 413 g/mol. The summed E-state index contributed by atoms with van der Waals surface area (Å²) in [5, 5.41) is 18.9. The zero-order valence-electron chi connectivity index (χ0n) is 13.8. The van der Waals surface area contributed by atoms with Crippen LogP contribution in [0.2, 0.25) is 0 Å². The maximum atomic E-state index is 14.2. The van der Waals surface area contributed by atoms with Crippen LogP contribution in [0, 0.1) is 5.82 Å². The zero-order chi connectivity index (χ0) is 18.4. The number of aliphatic hydroxyl groups is 2. The fourth-order valence-electron chi connectivity index (χ4n) is 2.28. The second kappa shape index (κ2) is 9.15. The van der Waals surface area contributed by atoms with Crippen molar-refractivity contribution in [1.82, 2.24) is 0 Å². The number of nitrogens with two attached hydrogens (primary N) is 1. The Morgan fingerprint density at radius 2 is 2.00 bits per heavy atom. The van der Waals surface area contributed by atoms with Gasteiger partial charge < -0.3 is 25.4 Å². The minimum atomic E-state index is -0.946. The topological polar surface area (TPSA) is 84.9 Å². The van der Waals surface area contributed by atoms with Crippen LogP contribution in [0.1, 0.15) is 23.7 Å². The first-order valence-electron chi connectivity index (χ1n) is 7.73. The smallest absolute Gasteiger partial charge is 0.165 e. The summed E-state index contributed by atoms with van der Waals surface area (Å²) < 4.78 is 25.8. The van der Waals surface area contributed by atoms with Crippen molar-refractivity contribution in [2.45, 2.75) is 25.2 Å². The molecule has 0 aliphatic heterocycles. The molecule has 0 fully saturated rings. The molecule has 0 aliphatic carbocycles. The van der Waals surface area contributed by atoms with Gasteiger partial charge in [-0.15, -0.1) is 0 Å². The van der Waals surface area contributed by atoms with Gasteiger partial charge in [0.1, 0.15) is 12.4 Å². The Morgan fingerprint density at radius 3 is 2.64 bits per heavy atom. The van der Waals surface area contributed by atoms with Gasteiger partial charge in [-0.1, -0.05) is 22.0 Å². The molecular weight excluding hydrogens is 393 g/mol. The van der Waals surface area contributed by atoms with Crippen LogP contribution in [0.15, 0.2) is 40.9 Å². The molecule has 0 radical (unpaired) electrons. The van der Waals surface area contributed by atoms with Crippen molar-refractivity contribution < 1.29 is 24.1 Å². The van der Waals surface area contributed by atoms with Gasteiger partial charge in [-0.3, -0.25) is 0 Å². The van der Waals surface area contributed by atoms with Crippen molar-refractivity contribution in [1.29, 1.82) is 0 Å². The van der Waals surface area contributed by atoms with Crippen LogP contribution in [0.4, 0.5) is 4.39 Å². The lowest BCUT2D eigenvalue weighted by atomic mass is 10.0. The fourth-order valence-corrected chi connectivity index (χ4v) is 2.64. The minimum absolute atomic E-state index is 0.0807. The third-order valence-electron chi connectivity index (χ3n) is 3.74. The molecular formula is C18H21BrFNO4. The van der Waals surface area contributed by atoms with E-state index < -0.39 is 18.0 Å². The average Bonchev–Trinajstić information content (AvgIpc) is 2.61. The lowest BCUT2D eigenvalue weighted by Gasteiger charge is -2.16. The van der Waals surface area contributed by atoms with E-state index in [-0.39, 0.29) is 25.4 Å². The molecule has 0 amide bonds. The van der Waals surface area contributed by atoms with E-state index in [1.165, 1.54) is 12.1 Å². The number of hydrogen-bond acceptors (Lipinski definition) is 5. The molecule has 0 saturated carbocycles. The Balaban J connectivity index is 2.06. The van der Waals surface area contributed by atoms with Crippen LogP contribution in [0.3, 0.4) is 0 Å². The maximum absolute atomic E-state index is 14.2. The molecule has 5 nitrogen and oxygen atoms in total. The van der Waals surface area contributed by atoms with Crippen molar-refractivity contribution in [3.63, 3.8) is 0 Å². The molecule has 2 aromatic rings. The molecule has 4 N–H and O–H groups in total. The zero-order valence-corrected chi connectivity index (χ0v) is 15.4. The van der Waals surface area contributed by atoms with Crippen molar-refractivity contribution in [3.8, 4) is 11.5 Å². The van der Waals surface area contributed by atoms with E-state index in [1.54, 1.807) is 25.3 Å². The first kappa shape index (κ1) is 19.7. The summed E-state index contributed by atoms with van der Waals surface area (Å²) in [6.07, 6.45) is -0.800. The van der Waals surface area contributed by atoms with Crippen LogP contribution >= 0.6 is 15.9 Å². The third kappa shape index (κ3) is 5.40. The first-order valence-corrected chi connectivity index (χ1v) is 8.53. The Kier molecular flexibility index (Phi) is 7.19. The summed E-state index contributed by atoms with van der Waals surface area (Å²) in [5.41, 5.74) is 6.79. The van der Waals surface area contributed by atoms with Gasteiger partial charge in [-0.05, 0) is 42.3 Å². The molecule has 0 unspecified atom stereocenters. The molecule has 0 aliphatic rings. The summed E-state index contributed by atoms with van der Waals surface area (Å²) >= 11 is 3.42. The summed E-state index contributed by atoms with van der Waals surface area (Å²) in [6, 6.07) is 9.14. The highest BCUT2D eigenvalue weighted by Gasteiger charge is 2.15. The van der Waals surface area contributed by atoms with E-state index in [2.05, 4.69) is 15.9 Å². The van der Waals surface area contributed by atoms with E-state index >= 15 is 0 Å². The van der Waals surface area contributed by atoms with Crippen molar-refractivity contribution in [2.24, 2.45) is 5.73 Å². The molecule has 0 bridgehead atoms. The van der Waals surface area contributed by atoms with E-state index in [1.807, 2.05) is 6.07 Å². The number of benzene rings is 2. The van der Waals surface area contributed by atoms with Gasteiger partial charge in [-0.2, -0.15) is 0 Å². The standard InChI is InChI=1S/C18H21BrFNO4/c1-24-14-3-4-15(19)12(6-14)10-25-18-5-2-11(7-16(18)20)17(23)8-13(21)9-22/h2-7,13,17,22-23H,8-10,21H2,1H3/t13-,17-/m0/s1. The highest BCUT2D eigenvalue weighted by Crippen LogP contribution is 2.27. The quantitative estimate of drug-likeness (QED) is 0.619. The molecule has 7 heteroatoms. The highest BCUT2D eigenvalue weighted by molar-refractivity contribution is 9.10. The first-order chi connectivity index (χ1) is 11.9. The summed E-state index contributed by atoms with van der Waals surface area (Å²) in [7, 11) is 1.57. The summed E-state index contributed by atoms with van der Waals surface area (Å²) in [4.78, 5) is 0. The largest absolute Gasteiger partial charge is 0.497 e.